The molecule has 0 spiro atoms. The van der Waals surface area contributed by atoms with Crippen molar-refractivity contribution >= 4 is 11.3 Å². The predicted octanol–water partition coefficient (Wildman–Crippen LogP) is 3.84. The molecule has 0 aliphatic rings. The Labute approximate surface area is 126 Å². The summed E-state index contributed by atoms with van der Waals surface area (Å²) in [4.78, 5) is 4.98. The van der Waals surface area contributed by atoms with Crippen LogP contribution in [0.4, 0.5) is 0 Å². The Morgan fingerprint density at radius 3 is 2.40 bits per heavy atom. The highest BCUT2D eigenvalue weighted by molar-refractivity contribution is 7.15. The van der Waals surface area contributed by atoms with Crippen molar-refractivity contribution in [1.29, 1.82) is 0 Å². The molecule has 1 heterocycles. The zero-order valence-corrected chi connectivity index (χ0v) is 13.6. The summed E-state index contributed by atoms with van der Waals surface area (Å²) < 4.78 is 0. The topological polar surface area (TPSA) is 15.3 Å². The highest BCUT2D eigenvalue weighted by Gasteiger charge is 2.19. The molecule has 1 N–H and O–H groups in total. The number of benzene rings is 1. The number of rotatable bonds is 6. The molecule has 0 atom stereocenters. The molecule has 0 bridgehead atoms. The first-order valence-electron chi connectivity index (χ1n) is 7.01. The first-order chi connectivity index (χ1) is 9.49. The molecule has 0 radical (unpaired) electrons. The zero-order chi connectivity index (χ0) is 14.6. The Bertz CT molecular complexity index is 529. The molecule has 0 amide bonds. The maximum Gasteiger partial charge on any atom is 0.0346 e. The van der Waals surface area contributed by atoms with Crippen LogP contribution in [0.15, 0.2) is 42.5 Å². The summed E-state index contributed by atoms with van der Waals surface area (Å²) in [6.45, 7) is 6.43. The van der Waals surface area contributed by atoms with Crippen molar-refractivity contribution in [2.75, 3.05) is 20.6 Å². The number of likely N-dealkylation sites (N-methyl/N-ethyl adjacent to an activating group) is 1. The molecule has 2 aromatic rings. The van der Waals surface area contributed by atoms with Gasteiger partial charge in [0.15, 0.2) is 0 Å². The number of nitrogens with zero attached hydrogens (tertiary/aromatic N) is 1. The number of nitrogens with one attached hydrogen (secondary N) is 1. The average Bonchev–Trinajstić information content (AvgIpc) is 2.88. The molecule has 1 aromatic carbocycles. The summed E-state index contributed by atoms with van der Waals surface area (Å²) in [7, 11) is 4.25. The van der Waals surface area contributed by atoms with Crippen LogP contribution in [0.5, 0.6) is 0 Å². The van der Waals surface area contributed by atoms with Crippen LogP contribution in [0, 0.1) is 0 Å². The van der Waals surface area contributed by atoms with Crippen molar-refractivity contribution in [3.05, 3.63) is 47.3 Å². The van der Waals surface area contributed by atoms with Gasteiger partial charge in [-0.1, -0.05) is 30.3 Å². The van der Waals surface area contributed by atoms with Crippen LogP contribution >= 0.6 is 11.3 Å². The highest BCUT2D eigenvalue weighted by atomic mass is 32.1. The average molecular weight is 288 g/mol. The quantitative estimate of drug-likeness (QED) is 0.868. The van der Waals surface area contributed by atoms with Crippen molar-refractivity contribution in [1.82, 2.24) is 10.2 Å². The normalized spacial score (nSPS) is 12.1. The van der Waals surface area contributed by atoms with Gasteiger partial charge in [-0.15, -0.1) is 11.3 Å². The van der Waals surface area contributed by atoms with E-state index in [1.165, 1.54) is 15.3 Å². The van der Waals surface area contributed by atoms with Gasteiger partial charge in [-0.05, 0) is 45.6 Å². The number of hydrogen-bond donors (Lipinski definition) is 1. The largest absolute Gasteiger partial charge is 0.310 e. The molecule has 0 aliphatic carbocycles. The SMILES string of the molecule is CN(C)C(C)(C)CNCc1ccc(-c2ccccc2)s1. The van der Waals surface area contributed by atoms with Crippen molar-refractivity contribution in [3.8, 4) is 10.4 Å². The van der Waals surface area contributed by atoms with E-state index in [-0.39, 0.29) is 5.54 Å². The van der Waals surface area contributed by atoms with E-state index in [1.54, 1.807) is 0 Å². The van der Waals surface area contributed by atoms with Crippen molar-refractivity contribution < 1.29 is 0 Å². The molecule has 2 rings (SSSR count). The van der Waals surface area contributed by atoms with E-state index in [1.807, 2.05) is 11.3 Å². The van der Waals surface area contributed by atoms with Gasteiger partial charge < -0.3 is 10.2 Å². The first-order valence-corrected chi connectivity index (χ1v) is 7.83. The van der Waals surface area contributed by atoms with Gasteiger partial charge in [-0.3, -0.25) is 0 Å². The molecule has 3 heteroatoms. The van der Waals surface area contributed by atoms with E-state index >= 15 is 0 Å². The molecule has 2 nitrogen and oxygen atoms in total. The van der Waals surface area contributed by atoms with Crippen molar-refractivity contribution in [2.24, 2.45) is 0 Å². The van der Waals surface area contributed by atoms with Crippen LogP contribution < -0.4 is 5.32 Å². The molecule has 0 saturated carbocycles. The maximum atomic E-state index is 3.56. The number of hydrogen-bond acceptors (Lipinski definition) is 3. The third-order valence-corrected chi connectivity index (χ3v) is 4.92. The van der Waals surface area contributed by atoms with Gasteiger partial charge in [0.25, 0.3) is 0 Å². The fourth-order valence-corrected chi connectivity index (χ4v) is 2.86. The second-order valence-electron chi connectivity index (χ2n) is 5.94. The van der Waals surface area contributed by atoms with Crippen molar-refractivity contribution in [2.45, 2.75) is 25.9 Å². The van der Waals surface area contributed by atoms with Gasteiger partial charge in [-0.2, -0.15) is 0 Å². The lowest BCUT2D eigenvalue weighted by Crippen LogP contribution is -2.46. The predicted molar refractivity (Wildman–Crippen MR) is 89.2 cm³/mol. The van der Waals surface area contributed by atoms with Gasteiger partial charge >= 0.3 is 0 Å². The first kappa shape index (κ1) is 15.2. The van der Waals surface area contributed by atoms with E-state index in [9.17, 15) is 0 Å². The summed E-state index contributed by atoms with van der Waals surface area (Å²) in [6.07, 6.45) is 0. The van der Waals surface area contributed by atoms with E-state index in [0.717, 1.165) is 13.1 Å². The van der Waals surface area contributed by atoms with Crippen molar-refractivity contribution in [3.63, 3.8) is 0 Å². The van der Waals surface area contributed by atoms with E-state index < -0.39 is 0 Å². The zero-order valence-electron chi connectivity index (χ0n) is 12.8. The summed E-state index contributed by atoms with van der Waals surface area (Å²) in [5.41, 5.74) is 1.48. The lowest BCUT2D eigenvalue weighted by molar-refractivity contribution is 0.190. The Morgan fingerprint density at radius 1 is 1.05 bits per heavy atom. The molecule has 20 heavy (non-hydrogen) atoms. The lowest BCUT2D eigenvalue weighted by Gasteiger charge is -2.32. The Morgan fingerprint density at radius 2 is 1.75 bits per heavy atom. The van der Waals surface area contributed by atoms with E-state index in [4.69, 9.17) is 0 Å². The Balaban J connectivity index is 1.91. The molecule has 0 unspecified atom stereocenters. The van der Waals surface area contributed by atoms with E-state index in [2.05, 4.69) is 80.6 Å². The minimum absolute atomic E-state index is 0.180. The Kier molecular flexibility index (Phi) is 4.97. The molecule has 108 valence electrons. The molecule has 0 saturated heterocycles. The van der Waals surface area contributed by atoms with Gasteiger partial charge in [-0.25, -0.2) is 0 Å². The third kappa shape index (κ3) is 3.92. The van der Waals surface area contributed by atoms with Crippen LogP contribution in [-0.4, -0.2) is 31.1 Å². The van der Waals surface area contributed by atoms with Crippen LogP contribution in [0.1, 0.15) is 18.7 Å². The molecule has 0 aliphatic heterocycles. The van der Waals surface area contributed by atoms with Crippen LogP contribution in [-0.2, 0) is 6.54 Å². The smallest absolute Gasteiger partial charge is 0.0346 e. The van der Waals surface area contributed by atoms with E-state index in [0.29, 0.717) is 0 Å². The third-order valence-electron chi connectivity index (χ3n) is 3.79. The van der Waals surface area contributed by atoms with Crippen LogP contribution in [0.25, 0.3) is 10.4 Å². The molecule has 1 aromatic heterocycles. The Hall–Kier alpha value is -1.16. The van der Waals surface area contributed by atoms with Gasteiger partial charge in [0.2, 0.25) is 0 Å². The molecular formula is C17H24N2S. The summed E-state index contributed by atoms with van der Waals surface area (Å²) in [6, 6.07) is 15.0. The fraction of sp³-hybridized carbons (Fsp3) is 0.412. The van der Waals surface area contributed by atoms with Crippen LogP contribution in [0.2, 0.25) is 0 Å². The maximum absolute atomic E-state index is 3.56. The second kappa shape index (κ2) is 6.53. The summed E-state index contributed by atoms with van der Waals surface area (Å²) in [5, 5.41) is 3.56. The second-order valence-corrected chi connectivity index (χ2v) is 7.11. The number of thiophene rings is 1. The minimum atomic E-state index is 0.180. The fourth-order valence-electron chi connectivity index (χ4n) is 1.88. The van der Waals surface area contributed by atoms with Gasteiger partial charge in [0.1, 0.15) is 0 Å². The monoisotopic (exact) mass is 288 g/mol. The minimum Gasteiger partial charge on any atom is -0.310 e. The van der Waals surface area contributed by atoms with Gasteiger partial charge in [0.05, 0.1) is 0 Å². The molecule has 0 fully saturated rings. The molecular weight excluding hydrogens is 264 g/mol. The van der Waals surface area contributed by atoms with Gasteiger partial charge in [0, 0.05) is 28.4 Å². The summed E-state index contributed by atoms with van der Waals surface area (Å²) in [5.74, 6) is 0. The summed E-state index contributed by atoms with van der Waals surface area (Å²) >= 11 is 1.87. The highest BCUT2D eigenvalue weighted by Crippen LogP contribution is 2.27. The van der Waals surface area contributed by atoms with Crippen LogP contribution in [0.3, 0.4) is 0 Å². The lowest BCUT2D eigenvalue weighted by atomic mass is 10.0. The standard InChI is InChI=1S/C17H24N2S/c1-17(2,19(3)4)13-18-12-15-10-11-16(20-15)14-8-6-5-7-9-14/h5-11,18H,12-13H2,1-4H3.